The third kappa shape index (κ3) is 0.799. The van der Waals surface area contributed by atoms with Crippen molar-refractivity contribution < 1.29 is 5.11 Å². The van der Waals surface area contributed by atoms with Crippen LogP contribution in [0.5, 0.6) is 0 Å². The average molecular weight is 124 g/mol. The van der Waals surface area contributed by atoms with Crippen LogP contribution in [-0.4, -0.2) is 11.2 Å². The molecule has 3 atom stereocenters. The van der Waals surface area contributed by atoms with Gasteiger partial charge in [-0.1, -0.05) is 6.08 Å². The Morgan fingerprint density at radius 1 is 1.56 bits per heavy atom. The summed E-state index contributed by atoms with van der Waals surface area (Å²) >= 11 is 0. The van der Waals surface area contributed by atoms with Gasteiger partial charge in [0, 0.05) is 0 Å². The molecule has 2 aliphatic carbocycles. The van der Waals surface area contributed by atoms with Gasteiger partial charge in [0.1, 0.15) is 0 Å². The van der Waals surface area contributed by atoms with Gasteiger partial charge in [-0.2, -0.15) is 0 Å². The van der Waals surface area contributed by atoms with Crippen molar-refractivity contribution in [3.05, 3.63) is 11.6 Å². The van der Waals surface area contributed by atoms with Crippen molar-refractivity contribution in [2.45, 2.75) is 25.9 Å². The van der Waals surface area contributed by atoms with E-state index in [0.29, 0.717) is 0 Å². The molecule has 9 heavy (non-hydrogen) atoms. The van der Waals surface area contributed by atoms with Crippen LogP contribution >= 0.6 is 0 Å². The summed E-state index contributed by atoms with van der Waals surface area (Å²) in [6.45, 7) is 2.03. The molecule has 3 unspecified atom stereocenters. The first-order valence-corrected chi connectivity index (χ1v) is 3.64. The summed E-state index contributed by atoms with van der Waals surface area (Å²) in [5.74, 6) is 1.68. The molecular formula is C8H12O. The van der Waals surface area contributed by atoms with E-state index in [1.54, 1.807) is 0 Å². The summed E-state index contributed by atoms with van der Waals surface area (Å²) in [4.78, 5) is 0. The first-order valence-electron chi connectivity index (χ1n) is 3.64. The second kappa shape index (κ2) is 1.60. The van der Waals surface area contributed by atoms with Crippen LogP contribution in [0.1, 0.15) is 19.8 Å². The maximum atomic E-state index is 9.31. The van der Waals surface area contributed by atoms with Gasteiger partial charge in [-0.3, -0.25) is 0 Å². The number of hydrogen-bond acceptors (Lipinski definition) is 1. The Balaban J connectivity index is 2.18. The molecule has 0 heterocycles. The number of hydrogen-bond donors (Lipinski definition) is 1. The Bertz CT molecular complexity index is 160. The summed E-state index contributed by atoms with van der Waals surface area (Å²) < 4.78 is 0. The third-order valence-corrected chi connectivity index (χ3v) is 2.51. The minimum absolute atomic E-state index is 0.117. The Kier molecular flexibility index (Phi) is 0.974. The van der Waals surface area contributed by atoms with Crippen molar-refractivity contribution in [3.63, 3.8) is 0 Å². The van der Waals surface area contributed by atoms with Crippen molar-refractivity contribution in [3.8, 4) is 0 Å². The predicted octanol–water partition coefficient (Wildman–Crippen LogP) is 1.33. The fourth-order valence-corrected chi connectivity index (χ4v) is 1.67. The minimum Gasteiger partial charge on any atom is -0.389 e. The van der Waals surface area contributed by atoms with Crippen molar-refractivity contribution >= 4 is 0 Å². The number of aliphatic hydroxyl groups is 1. The lowest BCUT2D eigenvalue weighted by Gasteiger charge is -2.14. The maximum absolute atomic E-state index is 9.31. The number of rotatable bonds is 0. The smallest absolute Gasteiger partial charge is 0.0750 e. The van der Waals surface area contributed by atoms with Gasteiger partial charge in [-0.05, 0) is 37.2 Å². The highest BCUT2D eigenvalue weighted by molar-refractivity contribution is 5.18. The van der Waals surface area contributed by atoms with E-state index in [1.165, 1.54) is 12.0 Å². The molecule has 0 aromatic rings. The SMILES string of the molecule is CC1=CC2CC2CC1O. The molecule has 1 nitrogen and oxygen atoms in total. The molecule has 0 aliphatic heterocycles. The second-order valence-corrected chi connectivity index (χ2v) is 3.32. The molecule has 2 aliphatic rings. The topological polar surface area (TPSA) is 20.2 Å². The fraction of sp³-hybridized carbons (Fsp3) is 0.750. The largest absolute Gasteiger partial charge is 0.389 e. The number of allylic oxidation sites excluding steroid dienone is 1. The lowest BCUT2D eigenvalue weighted by Crippen LogP contribution is -2.12. The van der Waals surface area contributed by atoms with Crippen LogP contribution in [0.2, 0.25) is 0 Å². The summed E-state index contributed by atoms with van der Waals surface area (Å²) in [5, 5.41) is 9.31. The molecular weight excluding hydrogens is 112 g/mol. The Labute approximate surface area is 55.4 Å². The summed E-state index contributed by atoms with van der Waals surface area (Å²) in [7, 11) is 0. The van der Waals surface area contributed by atoms with Crippen LogP contribution in [0.15, 0.2) is 11.6 Å². The van der Waals surface area contributed by atoms with E-state index in [2.05, 4.69) is 6.08 Å². The lowest BCUT2D eigenvalue weighted by molar-refractivity contribution is 0.186. The third-order valence-electron chi connectivity index (χ3n) is 2.51. The predicted molar refractivity (Wildman–Crippen MR) is 36.0 cm³/mol. The van der Waals surface area contributed by atoms with Gasteiger partial charge < -0.3 is 5.11 Å². The molecule has 2 rings (SSSR count). The molecule has 0 radical (unpaired) electrons. The Morgan fingerprint density at radius 3 is 3.00 bits per heavy atom. The average Bonchev–Trinajstić information content (AvgIpc) is 2.46. The number of fused-ring (bicyclic) bond motifs is 1. The molecule has 0 saturated heterocycles. The van der Waals surface area contributed by atoms with Gasteiger partial charge in [0.25, 0.3) is 0 Å². The monoisotopic (exact) mass is 124 g/mol. The molecule has 50 valence electrons. The van der Waals surface area contributed by atoms with Crippen molar-refractivity contribution in [1.82, 2.24) is 0 Å². The van der Waals surface area contributed by atoms with E-state index < -0.39 is 0 Å². The highest BCUT2D eigenvalue weighted by atomic mass is 16.3. The highest BCUT2D eigenvalue weighted by Gasteiger charge is 2.40. The van der Waals surface area contributed by atoms with Gasteiger partial charge in [-0.15, -0.1) is 0 Å². The van der Waals surface area contributed by atoms with E-state index in [4.69, 9.17) is 0 Å². The van der Waals surface area contributed by atoms with Crippen LogP contribution in [0.25, 0.3) is 0 Å². The molecule has 0 aromatic carbocycles. The Hall–Kier alpha value is -0.300. The zero-order valence-electron chi connectivity index (χ0n) is 5.67. The van der Waals surface area contributed by atoms with Gasteiger partial charge in [0.2, 0.25) is 0 Å². The van der Waals surface area contributed by atoms with E-state index in [0.717, 1.165) is 18.3 Å². The van der Waals surface area contributed by atoms with Crippen LogP contribution in [0.4, 0.5) is 0 Å². The van der Waals surface area contributed by atoms with Gasteiger partial charge in [0.05, 0.1) is 6.10 Å². The van der Waals surface area contributed by atoms with Crippen LogP contribution < -0.4 is 0 Å². The Morgan fingerprint density at radius 2 is 2.33 bits per heavy atom. The van der Waals surface area contributed by atoms with Crippen LogP contribution in [-0.2, 0) is 0 Å². The normalized spacial score (nSPS) is 47.8. The summed E-state index contributed by atoms with van der Waals surface area (Å²) in [5.41, 5.74) is 1.19. The zero-order valence-corrected chi connectivity index (χ0v) is 5.67. The molecule has 1 saturated carbocycles. The first kappa shape index (κ1) is 5.48. The summed E-state index contributed by atoms with van der Waals surface area (Å²) in [6.07, 6.45) is 4.47. The highest BCUT2D eigenvalue weighted by Crippen LogP contribution is 2.47. The van der Waals surface area contributed by atoms with E-state index in [9.17, 15) is 5.11 Å². The van der Waals surface area contributed by atoms with Gasteiger partial charge >= 0.3 is 0 Å². The second-order valence-electron chi connectivity index (χ2n) is 3.32. The van der Waals surface area contributed by atoms with Crippen molar-refractivity contribution in [2.24, 2.45) is 11.8 Å². The van der Waals surface area contributed by atoms with Crippen molar-refractivity contribution in [1.29, 1.82) is 0 Å². The minimum atomic E-state index is -0.117. The van der Waals surface area contributed by atoms with E-state index >= 15 is 0 Å². The molecule has 0 spiro atoms. The number of aliphatic hydroxyl groups excluding tert-OH is 1. The molecule has 1 fully saturated rings. The standard InChI is InChI=1S/C8H12O/c1-5-2-6-3-7(6)4-8(5)9/h2,6-9H,3-4H2,1H3. The summed E-state index contributed by atoms with van der Waals surface area (Å²) in [6, 6.07) is 0. The van der Waals surface area contributed by atoms with E-state index in [-0.39, 0.29) is 6.10 Å². The van der Waals surface area contributed by atoms with Crippen LogP contribution in [0, 0.1) is 11.8 Å². The molecule has 0 bridgehead atoms. The first-order chi connectivity index (χ1) is 4.27. The van der Waals surface area contributed by atoms with E-state index in [1.807, 2.05) is 6.92 Å². The quantitative estimate of drug-likeness (QED) is 0.483. The van der Waals surface area contributed by atoms with Crippen LogP contribution in [0.3, 0.4) is 0 Å². The molecule has 1 heteroatoms. The molecule has 0 aromatic heterocycles. The van der Waals surface area contributed by atoms with Gasteiger partial charge in [-0.25, -0.2) is 0 Å². The zero-order chi connectivity index (χ0) is 6.43. The van der Waals surface area contributed by atoms with Crippen molar-refractivity contribution in [2.75, 3.05) is 0 Å². The fourth-order valence-electron chi connectivity index (χ4n) is 1.67. The molecule has 0 amide bonds. The lowest BCUT2D eigenvalue weighted by atomic mass is 9.98. The maximum Gasteiger partial charge on any atom is 0.0750 e. The molecule has 1 N–H and O–H groups in total. The van der Waals surface area contributed by atoms with Gasteiger partial charge in [0.15, 0.2) is 0 Å².